The molecule has 0 radical (unpaired) electrons. The number of thiazole rings is 1. The van der Waals surface area contributed by atoms with E-state index in [1.807, 2.05) is 70.6 Å². The van der Waals surface area contributed by atoms with Crippen molar-refractivity contribution in [2.24, 2.45) is 5.73 Å². The summed E-state index contributed by atoms with van der Waals surface area (Å²) in [5.41, 5.74) is 9.65. The number of carbonyl (C=O) groups excluding carboxylic acids is 2. The van der Waals surface area contributed by atoms with Crippen molar-refractivity contribution in [1.29, 1.82) is 0 Å². The van der Waals surface area contributed by atoms with Crippen molar-refractivity contribution in [3.8, 4) is 11.3 Å². The topological polar surface area (TPSA) is 106 Å². The van der Waals surface area contributed by atoms with E-state index in [0.717, 1.165) is 22.0 Å². The monoisotopic (exact) mass is 441 g/mol. The second kappa shape index (κ2) is 8.16. The molecule has 0 spiro atoms. The van der Waals surface area contributed by atoms with Crippen molar-refractivity contribution in [2.45, 2.75) is 6.54 Å². The third-order valence-electron chi connectivity index (χ3n) is 5.20. The smallest absolute Gasteiger partial charge is 0.274 e. The first-order valence-corrected chi connectivity index (χ1v) is 10.8. The Morgan fingerprint density at radius 1 is 1.06 bits per heavy atom. The van der Waals surface area contributed by atoms with Gasteiger partial charge in [-0.25, -0.2) is 4.98 Å². The number of amides is 2. The van der Waals surface area contributed by atoms with Gasteiger partial charge in [-0.1, -0.05) is 48.5 Å². The van der Waals surface area contributed by atoms with Crippen LogP contribution in [-0.2, 0) is 6.54 Å². The van der Waals surface area contributed by atoms with E-state index in [-0.39, 0.29) is 5.91 Å². The van der Waals surface area contributed by atoms with Gasteiger partial charge in [-0.3, -0.25) is 14.9 Å². The van der Waals surface area contributed by atoms with Crippen LogP contribution in [-0.4, -0.2) is 26.3 Å². The predicted molar refractivity (Wildman–Crippen MR) is 126 cm³/mol. The number of nitrogens with two attached hydrogens (primary N) is 1. The Kier molecular flexibility index (Phi) is 5.04. The molecule has 158 valence electrons. The van der Waals surface area contributed by atoms with Crippen molar-refractivity contribution in [2.75, 3.05) is 5.32 Å². The molecule has 2 amide bonds. The number of para-hydroxylation sites is 1. The Morgan fingerprint density at radius 3 is 2.62 bits per heavy atom. The molecular weight excluding hydrogens is 422 g/mol. The zero-order valence-corrected chi connectivity index (χ0v) is 17.7. The van der Waals surface area contributed by atoms with E-state index in [1.165, 1.54) is 11.3 Å². The van der Waals surface area contributed by atoms with Crippen LogP contribution in [0.4, 0.5) is 5.13 Å². The van der Waals surface area contributed by atoms with Crippen LogP contribution >= 0.6 is 11.3 Å². The predicted octanol–water partition coefficient (Wildman–Crippen LogP) is 4.49. The van der Waals surface area contributed by atoms with Gasteiger partial charge in [0, 0.05) is 34.6 Å². The molecule has 3 heterocycles. The summed E-state index contributed by atoms with van der Waals surface area (Å²) in [6.45, 7) is 0.583. The number of carbonyl (C=O) groups is 2. The summed E-state index contributed by atoms with van der Waals surface area (Å²) in [7, 11) is 0. The summed E-state index contributed by atoms with van der Waals surface area (Å²) in [5.74, 6) is -0.767. The van der Waals surface area contributed by atoms with Crippen molar-refractivity contribution in [3.05, 3.63) is 95.3 Å². The van der Waals surface area contributed by atoms with Crippen LogP contribution in [0.25, 0.3) is 22.2 Å². The molecule has 7 nitrogen and oxygen atoms in total. The van der Waals surface area contributed by atoms with E-state index in [9.17, 15) is 9.59 Å². The van der Waals surface area contributed by atoms with Crippen LogP contribution < -0.4 is 11.1 Å². The molecule has 0 saturated heterocycles. The number of nitrogens with zero attached hydrogens (tertiary/aromatic N) is 2. The number of H-pyrrole nitrogens is 1. The average Bonchev–Trinajstić information content (AvgIpc) is 3.53. The summed E-state index contributed by atoms with van der Waals surface area (Å²) in [5, 5.41) is 6.21. The maximum absolute atomic E-state index is 13.2. The summed E-state index contributed by atoms with van der Waals surface area (Å²) in [6.07, 6.45) is 1.67. The van der Waals surface area contributed by atoms with Crippen LogP contribution in [0.3, 0.4) is 0 Å². The summed E-state index contributed by atoms with van der Waals surface area (Å²) >= 11 is 1.32. The number of aromatic nitrogens is 3. The van der Waals surface area contributed by atoms with Crippen LogP contribution in [0, 0.1) is 0 Å². The SMILES string of the molecule is NC(=O)c1cc(-c2csc(NC(=O)c3cc4ccccc4n3Cc3ccccc3)n2)c[nH]1. The van der Waals surface area contributed by atoms with E-state index >= 15 is 0 Å². The van der Waals surface area contributed by atoms with E-state index in [1.54, 1.807) is 12.3 Å². The highest BCUT2D eigenvalue weighted by molar-refractivity contribution is 7.14. The fraction of sp³-hybridized carbons (Fsp3) is 0.0417. The first-order valence-electron chi connectivity index (χ1n) is 9.96. The number of primary amides is 1. The van der Waals surface area contributed by atoms with Gasteiger partial charge in [0.2, 0.25) is 0 Å². The number of anilines is 1. The number of rotatable bonds is 6. The molecule has 0 fully saturated rings. The Morgan fingerprint density at radius 2 is 1.84 bits per heavy atom. The fourth-order valence-corrected chi connectivity index (χ4v) is 4.36. The van der Waals surface area contributed by atoms with Gasteiger partial charge in [0.05, 0.1) is 5.69 Å². The second-order valence-electron chi connectivity index (χ2n) is 7.32. The first kappa shape index (κ1) is 19.8. The molecule has 0 aliphatic rings. The molecule has 0 saturated carbocycles. The Labute approximate surface area is 187 Å². The molecule has 5 rings (SSSR count). The number of aromatic amines is 1. The van der Waals surface area contributed by atoms with Gasteiger partial charge >= 0.3 is 0 Å². The zero-order chi connectivity index (χ0) is 22.1. The second-order valence-corrected chi connectivity index (χ2v) is 8.18. The number of hydrogen-bond donors (Lipinski definition) is 3. The van der Waals surface area contributed by atoms with Crippen molar-refractivity contribution >= 4 is 39.2 Å². The van der Waals surface area contributed by atoms with E-state index in [2.05, 4.69) is 15.3 Å². The van der Waals surface area contributed by atoms with E-state index in [0.29, 0.717) is 28.8 Å². The minimum absolute atomic E-state index is 0.232. The van der Waals surface area contributed by atoms with Crippen molar-refractivity contribution < 1.29 is 9.59 Å². The lowest BCUT2D eigenvalue weighted by Crippen LogP contribution is -2.17. The van der Waals surface area contributed by atoms with E-state index < -0.39 is 5.91 Å². The molecule has 4 N–H and O–H groups in total. The summed E-state index contributed by atoms with van der Waals surface area (Å²) in [4.78, 5) is 31.8. The van der Waals surface area contributed by atoms with Gasteiger partial charge in [0.25, 0.3) is 11.8 Å². The molecular formula is C24H19N5O2S. The lowest BCUT2D eigenvalue weighted by molar-refractivity contribution is 0.0993. The van der Waals surface area contributed by atoms with Crippen LogP contribution in [0.2, 0.25) is 0 Å². The number of hydrogen-bond acceptors (Lipinski definition) is 4. The number of fused-ring (bicyclic) bond motifs is 1. The van der Waals surface area contributed by atoms with Crippen LogP contribution in [0.15, 0.2) is 78.3 Å². The third kappa shape index (κ3) is 3.79. The van der Waals surface area contributed by atoms with Crippen molar-refractivity contribution in [3.63, 3.8) is 0 Å². The number of nitrogens with one attached hydrogen (secondary N) is 2. The molecule has 2 aromatic carbocycles. The third-order valence-corrected chi connectivity index (χ3v) is 5.95. The van der Waals surface area contributed by atoms with Crippen molar-refractivity contribution in [1.82, 2.24) is 14.5 Å². The Hall–Kier alpha value is -4.17. The highest BCUT2D eigenvalue weighted by atomic mass is 32.1. The molecule has 32 heavy (non-hydrogen) atoms. The van der Waals surface area contributed by atoms with Gasteiger partial charge in [-0.05, 0) is 23.8 Å². The summed E-state index contributed by atoms with van der Waals surface area (Å²) < 4.78 is 2.01. The molecule has 3 aromatic heterocycles. The summed E-state index contributed by atoms with van der Waals surface area (Å²) in [6, 6.07) is 21.5. The normalized spacial score (nSPS) is 11.0. The highest BCUT2D eigenvalue weighted by Crippen LogP contribution is 2.27. The van der Waals surface area contributed by atoms with Crippen LogP contribution in [0.1, 0.15) is 26.5 Å². The fourth-order valence-electron chi connectivity index (χ4n) is 3.64. The average molecular weight is 442 g/mol. The van der Waals surface area contributed by atoms with Gasteiger partial charge in [0.1, 0.15) is 11.4 Å². The van der Waals surface area contributed by atoms with Gasteiger partial charge in [0.15, 0.2) is 5.13 Å². The quantitative estimate of drug-likeness (QED) is 0.361. The molecule has 5 aromatic rings. The highest BCUT2D eigenvalue weighted by Gasteiger charge is 2.18. The molecule has 8 heteroatoms. The molecule has 0 aliphatic carbocycles. The lowest BCUT2D eigenvalue weighted by Gasteiger charge is -2.10. The van der Waals surface area contributed by atoms with Crippen LogP contribution in [0.5, 0.6) is 0 Å². The maximum Gasteiger partial charge on any atom is 0.274 e. The van der Waals surface area contributed by atoms with E-state index in [4.69, 9.17) is 5.73 Å². The van der Waals surface area contributed by atoms with Gasteiger partial charge in [-0.2, -0.15) is 0 Å². The molecule has 0 bridgehead atoms. The minimum atomic E-state index is -0.536. The zero-order valence-electron chi connectivity index (χ0n) is 16.9. The standard InChI is InChI=1S/C24H19N5O2S/c25-22(30)18-10-17(12-26-18)19-14-32-24(27-19)28-23(31)21-11-16-8-4-5-9-20(16)29(21)13-15-6-2-1-3-7-15/h1-12,14,26H,13H2,(H2,25,30)(H,27,28,31). The Bertz CT molecular complexity index is 1430. The minimum Gasteiger partial charge on any atom is -0.364 e. The first-order chi connectivity index (χ1) is 15.6. The maximum atomic E-state index is 13.2. The molecule has 0 unspecified atom stereocenters. The van der Waals surface area contributed by atoms with Gasteiger partial charge in [-0.15, -0.1) is 11.3 Å². The molecule has 0 atom stereocenters. The largest absolute Gasteiger partial charge is 0.364 e. The number of benzene rings is 2. The lowest BCUT2D eigenvalue weighted by atomic mass is 10.2. The van der Waals surface area contributed by atoms with Gasteiger partial charge < -0.3 is 15.3 Å². The molecule has 0 aliphatic heterocycles. The Balaban J connectivity index is 1.43.